The maximum Gasteiger partial charge on any atom is 0.223 e. The molecule has 2 rings (SSSR count). The summed E-state index contributed by atoms with van der Waals surface area (Å²) in [6.07, 6.45) is 1.61. The molecule has 2 aromatic rings. The molecule has 0 aliphatic heterocycles. The first-order chi connectivity index (χ1) is 8.60. The van der Waals surface area contributed by atoms with Gasteiger partial charge in [0.15, 0.2) is 0 Å². The molecule has 0 atom stereocenters. The zero-order valence-electron chi connectivity index (χ0n) is 9.35. The largest absolute Gasteiger partial charge is 0.497 e. The lowest BCUT2D eigenvalue weighted by molar-refractivity contribution is 0.414. The Morgan fingerprint density at radius 1 is 1.44 bits per heavy atom. The van der Waals surface area contributed by atoms with Gasteiger partial charge in [-0.05, 0) is 45.7 Å². The van der Waals surface area contributed by atoms with E-state index in [9.17, 15) is 0 Å². The normalized spacial score (nSPS) is 10.4. The predicted molar refractivity (Wildman–Crippen MR) is 76.3 cm³/mol. The monoisotopic (exact) mass is 345 g/mol. The minimum Gasteiger partial charge on any atom is -0.497 e. The topological polar surface area (TPSA) is 61.0 Å². The molecule has 1 heterocycles. The lowest BCUT2D eigenvalue weighted by Crippen LogP contribution is -1.92. The van der Waals surface area contributed by atoms with Crippen LogP contribution in [0.4, 0.5) is 5.69 Å². The zero-order chi connectivity index (χ0) is 13.1. The second-order valence-corrected chi connectivity index (χ2v) is 5.52. The number of rotatable bonds is 3. The van der Waals surface area contributed by atoms with E-state index in [2.05, 4.69) is 25.9 Å². The summed E-state index contributed by atoms with van der Waals surface area (Å²) < 4.78 is 5.93. The van der Waals surface area contributed by atoms with Crippen molar-refractivity contribution in [2.24, 2.45) is 0 Å². The highest BCUT2D eigenvalue weighted by Gasteiger charge is 2.09. The number of nitrogens with zero attached hydrogens (tertiary/aromatic N) is 2. The van der Waals surface area contributed by atoms with Gasteiger partial charge in [0.1, 0.15) is 10.8 Å². The molecule has 0 saturated heterocycles. The minimum atomic E-state index is 0.196. The molecule has 2 N–H and O–H groups in total. The standard InChI is InChI=1S/C11H9BrClN3OS/c1-17-6-2-3-8(14)9(4-6)18-10-7(12)5-15-11(13)16-10/h2-5H,14H2,1H3. The van der Waals surface area contributed by atoms with Gasteiger partial charge in [-0.25, -0.2) is 9.97 Å². The van der Waals surface area contributed by atoms with E-state index < -0.39 is 0 Å². The Bertz CT molecular complexity index is 582. The van der Waals surface area contributed by atoms with E-state index in [0.717, 1.165) is 15.1 Å². The molecule has 0 spiro atoms. The average Bonchev–Trinajstić information content (AvgIpc) is 2.36. The molecule has 0 amide bonds. The maximum absolute atomic E-state index is 5.91. The number of benzene rings is 1. The van der Waals surface area contributed by atoms with Crippen LogP contribution in [-0.4, -0.2) is 17.1 Å². The van der Waals surface area contributed by atoms with Crippen molar-refractivity contribution in [2.75, 3.05) is 12.8 Å². The maximum atomic E-state index is 5.91. The zero-order valence-corrected chi connectivity index (χ0v) is 12.5. The fourth-order valence-corrected chi connectivity index (χ4v) is 2.71. The fourth-order valence-electron chi connectivity index (χ4n) is 1.24. The van der Waals surface area contributed by atoms with Crippen LogP contribution in [0.25, 0.3) is 0 Å². The first-order valence-electron chi connectivity index (χ1n) is 4.89. The van der Waals surface area contributed by atoms with Gasteiger partial charge >= 0.3 is 0 Å². The van der Waals surface area contributed by atoms with Crippen molar-refractivity contribution < 1.29 is 4.74 Å². The number of anilines is 1. The second-order valence-electron chi connectivity index (χ2n) is 3.30. The lowest BCUT2D eigenvalue weighted by Gasteiger charge is -2.08. The first-order valence-corrected chi connectivity index (χ1v) is 6.88. The van der Waals surface area contributed by atoms with E-state index >= 15 is 0 Å². The van der Waals surface area contributed by atoms with Gasteiger partial charge in [0.05, 0.1) is 11.6 Å². The number of ether oxygens (including phenoxy) is 1. The van der Waals surface area contributed by atoms with Crippen LogP contribution in [0.1, 0.15) is 0 Å². The van der Waals surface area contributed by atoms with E-state index in [4.69, 9.17) is 22.1 Å². The third kappa shape index (κ3) is 3.07. The van der Waals surface area contributed by atoms with Gasteiger partial charge in [-0.2, -0.15) is 0 Å². The number of methoxy groups -OCH3 is 1. The number of aromatic nitrogens is 2. The van der Waals surface area contributed by atoms with Crippen LogP contribution in [0.3, 0.4) is 0 Å². The van der Waals surface area contributed by atoms with Crippen LogP contribution in [0.15, 0.2) is 38.8 Å². The molecule has 0 unspecified atom stereocenters. The SMILES string of the molecule is COc1ccc(N)c(Sc2nc(Cl)ncc2Br)c1. The fraction of sp³-hybridized carbons (Fsp3) is 0.0909. The predicted octanol–water partition coefficient (Wildman–Crippen LogP) is 3.63. The average molecular weight is 347 g/mol. The van der Waals surface area contributed by atoms with Crippen LogP contribution in [0, 0.1) is 0 Å². The Labute approximate surface area is 122 Å². The van der Waals surface area contributed by atoms with Crippen LogP contribution >= 0.6 is 39.3 Å². The van der Waals surface area contributed by atoms with Crippen molar-refractivity contribution in [2.45, 2.75) is 9.92 Å². The highest BCUT2D eigenvalue weighted by Crippen LogP contribution is 2.37. The molecule has 1 aromatic carbocycles. The van der Waals surface area contributed by atoms with Crippen molar-refractivity contribution in [3.8, 4) is 5.75 Å². The van der Waals surface area contributed by atoms with Crippen molar-refractivity contribution >= 4 is 45.0 Å². The second kappa shape index (κ2) is 5.77. The highest BCUT2D eigenvalue weighted by atomic mass is 79.9. The number of nitrogen functional groups attached to an aromatic ring is 1. The van der Waals surface area contributed by atoms with E-state index in [1.54, 1.807) is 25.4 Å². The third-order valence-corrected chi connectivity index (χ3v) is 4.21. The van der Waals surface area contributed by atoms with Crippen molar-refractivity contribution in [1.82, 2.24) is 9.97 Å². The van der Waals surface area contributed by atoms with Crippen molar-refractivity contribution in [1.29, 1.82) is 0 Å². The summed E-state index contributed by atoms with van der Waals surface area (Å²) in [7, 11) is 1.61. The van der Waals surface area contributed by atoms with Crippen LogP contribution in [0.5, 0.6) is 5.75 Å². The molecule has 0 radical (unpaired) electrons. The van der Waals surface area contributed by atoms with E-state index in [1.807, 2.05) is 6.07 Å². The van der Waals surface area contributed by atoms with Gasteiger partial charge in [-0.1, -0.05) is 11.8 Å². The summed E-state index contributed by atoms with van der Waals surface area (Å²) in [6, 6.07) is 5.45. The van der Waals surface area contributed by atoms with Gasteiger partial charge in [-0.3, -0.25) is 0 Å². The summed E-state index contributed by atoms with van der Waals surface area (Å²) in [5.74, 6) is 0.739. The molecule has 1 aromatic heterocycles. The number of nitrogens with two attached hydrogens (primary N) is 1. The summed E-state index contributed by atoms with van der Waals surface area (Å²) in [4.78, 5) is 8.87. The Morgan fingerprint density at radius 3 is 2.94 bits per heavy atom. The van der Waals surface area contributed by atoms with Gasteiger partial charge in [0, 0.05) is 16.8 Å². The van der Waals surface area contributed by atoms with E-state index in [0.29, 0.717) is 10.7 Å². The Hall–Kier alpha value is -0.980. The smallest absolute Gasteiger partial charge is 0.223 e. The summed E-state index contributed by atoms with van der Waals surface area (Å²) in [6.45, 7) is 0. The summed E-state index contributed by atoms with van der Waals surface area (Å²) >= 11 is 10.5. The van der Waals surface area contributed by atoms with Crippen LogP contribution in [-0.2, 0) is 0 Å². The molecule has 0 aliphatic carbocycles. The minimum absolute atomic E-state index is 0.196. The first kappa shape index (κ1) is 13.5. The molecule has 0 bridgehead atoms. The molecular formula is C11H9BrClN3OS. The number of hydrogen-bond acceptors (Lipinski definition) is 5. The number of halogens is 2. The summed E-state index contributed by atoms with van der Waals surface area (Å²) in [5, 5.41) is 0.900. The van der Waals surface area contributed by atoms with Gasteiger partial charge in [0.2, 0.25) is 5.28 Å². The lowest BCUT2D eigenvalue weighted by atomic mass is 10.3. The van der Waals surface area contributed by atoms with Crippen LogP contribution in [0.2, 0.25) is 5.28 Å². The highest BCUT2D eigenvalue weighted by molar-refractivity contribution is 9.10. The van der Waals surface area contributed by atoms with Crippen molar-refractivity contribution in [3.63, 3.8) is 0 Å². The molecule has 4 nitrogen and oxygen atoms in total. The Morgan fingerprint density at radius 2 is 2.22 bits per heavy atom. The molecular weight excluding hydrogens is 338 g/mol. The molecule has 0 saturated carbocycles. The Kier molecular flexibility index (Phi) is 4.31. The Balaban J connectivity index is 2.36. The van der Waals surface area contributed by atoms with Crippen molar-refractivity contribution in [3.05, 3.63) is 34.2 Å². The quantitative estimate of drug-likeness (QED) is 0.522. The summed E-state index contributed by atoms with van der Waals surface area (Å²) in [5.41, 5.74) is 6.57. The van der Waals surface area contributed by atoms with Gasteiger partial charge < -0.3 is 10.5 Å². The van der Waals surface area contributed by atoms with Gasteiger partial charge in [0.25, 0.3) is 0 Å². The third-order valence-electron chi connectivity index (χ3n) is 2.11. The van der Waals surface area contributed by atoms with Crippen LogP contribution < -0.4 is 10.5 Å². The molecule has 7 heteroatoms. The van der Waals surface area contributed by atoms with E-state index in [1.165, 1.54) is 11.8 Å². The van der Waals surface area contributed by atoms with Gasteiger partial charge in [-0.15, -0.1) is 0 Å². The van der Waals surface area contributed by atoms with E-state index in [-0.39, 0.29) is 5.28 Å². The molecule has 0 aliphatic rings. The number of hydrogen-bond donors (Lipinski definition) is 1. The molecule has 94 valence electrons. The molecule has 0 fully saturated rings. The molecule has 18 heavy (non-hydrogen) atoms.